The smallest absolute Gasteiger partial charge is 0.212 e. The van der Waals surface area contributed by atoms with Crippen LogP contribution in [0, 0.1) is 11.3 Å². The number of benzene rings is 1. The highest BCUT2D eigenvalue weighted by Crippen LogP contribution is 2.09. The van der Waals surface area contributed by atoms with Crippen molar-refractivity contribution in [2.75, 3.05) is 0 Å². The summed E-state index contributed by atoms with van der Waals surface area (Å²) < 4.78 is 5.54. The maximum absolute atomic E-state index is 8.78. The highest BCUT2D eigenvalue weighted by molar-refractivity contribution is 7.27. The second-order valence-corrected chi connectivity index (χ2v) is 4.34. The molecule has 0 fully saturated rings. The van der Waals surface area contributed by atoms with Crippen molar-refractivity contribution in [3.05, 3.63) is 47.5 Å². The standard InChI is InChI=1S/C13H10BN2OP/c14-12-2-1-3-13(16-12)17-8-10-5-4-9(7-15)6-11(10)18/h1-6H,8,18H2. The first-order valence-corrected chi connectivity index (χ1v) is 5.90. The van der Waals surface area contributed by atoms with Gasteiger partial charge in [-0.15, -0.1) is 9.24 Å². The molecule has 1 atom stereocenters. The van der Waals surface area contributed by atoms with E-state index in [0.717, 1.165) is 10.9 Å². The Morgan fingerprint density at radius 1 is 1.33 bits per heavy atom. The first-order chi connectivity index (χ1) is 8.69. The van der Waals surface area contributed by atoms with Gasteiger partial charge in [0.2, 0.25) is 5.88 Å². The molecule has 1 unspecified atom stereocenters. The normalized spacial score (nSPS) is 9.78. The molecule has 0 N–H and O–H groups in total. The Bertz CT molecular complexity index is 610. The van der Waals surface area contributed by atoms with E-state index in [1.807, 2.05) is 6.07 Å². The third-order valence-corrected chi connectivity index (χ3v) is 2.93. The van der Waals surface area contributed by atoms with Crippen molar-refractivity contribution in [1.82, 2.24) is 4.98 Å². The fourth-order valence-electron chi connectivity index (χ4n) is 1.46. The van der Waals surface area contributed by atoms with E-state index in [1.165, 1.54) is 0 Å². The van der Waals surface area contributed by atoms with Gasteiger partial charge < -0.3 is 4.74 Å². The van der Waals surface area contributed by atoms with Gasteiger partial charge in [0.1, 0.15) is 14.5 Å². The van der Waals surface area contributed by atoms with E-state index in [1.54, 1.807) is 30.3 Å². The zero-order valence-electron chi connectivity index (χ0n) is 9.63. The van der Waals surface area contributed by atoms with Gasteiger partial charge in [-0.05, 0) is 28.6 Å². The summed E-state index contributed by atoms with van der Waals surface area (Å²) in [7, 11) is 8.16. The van der Waals surface area contributed by atoms with Gasteiger partial charge in [-0.2, -0.15) is 5.26 Å². The van der Waals surface area contributed by atoms with Crippen LogP contribution in [-0.2, 0) is 6.61 Å². The van der Waals surface area contributed by atoms with E-state index in [0.29, 0.717) is 23.6 Å². The van der Waals surface area contributed by atoms with Crippen LogP contribution in [0.3, 0.4) is 0 Å². The van der Waals surface area contributed by atoms with Crippen LogP contribution in [0.1, 0.15) is 11.1 Å². The van der Waals surface area contributed by atoms with Crippen LogP contribution in [0.15, 0.2) is 36.4 Å². The quantitative estimate of drug-likeness (QED) is 0.600. The monoisotopic (exact) mass is 252 g/mol. The molecule has 18 heavy (non-hydrogen) atoms. The molecule has 86 valence electrons. The van der Waals surface area contributed by atoms with Crippen molar-refractivity contribution in [2.45, 2.75) is 6.61 Å². The van der Waals surface area contributed by atoms with Gasteiger partial charge in [0.15, 0.2) is 0 Å². The Kier molecular flexibility index (Phi) is 3.97. The molecule has 1 aromatic heterocycles. The molecule has 0 aliphatic heterocycles. The Morgan fingerprint density at radius 3 is 2.83 bits per heavy atom. The van der Waals surface area contributed by atoms with E-state index in [2.05, 4.69) is 20.3 Å². The van der Waals surface area contributed by atoms with Crippen LogP contribution in [0.5, 0.6) is 5.88 Å². The number of nitriles is 1. The van der Waals surface area contributed by atoms with Gasteiger partial charge in [-0.25, -0.2) is 4.98 Å². The number of pyridine rings is 1. The molecule has 0 amide bonds. The zero-order valence-corrected chi connectivity index (χ0v) is 10.8. The van der Waals surface area contributed by atoms with Crippen LogP contribution in [0.25, 0.3) is 0 Å². The van der Waals surface area contributed by atoms with E-state index in [-0.39, 0.29) is 0 Å². The molecule has 3 nitrogen and oxygen atoms in total. The Balaban J connectivity index is 2.09. The molecule has 0 aliphatic carbocycles. The summed E-state index contributed by atoms with van der Waals surface area (Å²) in [5.41, 5.74) is 2.05. The average Bonchev–Trinajstić information content (AvgIpc) is 2.37. The van der Waals surface area contributed by atoms with E-state index in [4.69, 9.17) is 17.8 Å². The average molecular weight is 252 g/mol. The van der Waals surface area contributed by atoms with Gasteiger partial charge in [-0.1, -0.05) is 18.2 Å². The summed E-state index contributed by atoms with van der Waals surface area (Å²) in [5, 5.41) is 9.72. The van der Waals surface area contributed by atoms with Crippen molar-refractivity contribution in [3.8, 4) is 11.9 Å². The SMILES string of the molecule is [B]c1cccc(OCc2ccc(C#N)cc2P)n1. The molecule has 0 aliphatic rings. The molecule has 0 saturated carbocycles. The van der Waals surface area contributed by atoms with E-state index >= 15 is 0 Å². The van der Waals surface area contributed by atoms with Crippen LogP contribution in [-0.4, -0.2) is 12.8 Å². The molecule has 1 heterocycles. The Morgan fingerprint density at radius 2 is 2.17 bits per heavy atom. The van der Waals surface area contributed by atoms with Crippen molar-refractivity contribution in [2.24, 2.45) is 0 Å². The molecule has 2 radical (unpaired) electrons. The highest BCUT2D eigenvalue weighted by atomic mass is 31.0. The molecule has 5 heteroatoms. The minimum atomic E-state index is 0.390. The molecular weight excluding hydrogens is 242 g/mol. The maximum atomic E-state index is 8.78. The number of aromatic nitrogens is 1. The lowest BCUT2D eigenvalue weighted by molar-refractivity contribution is 0.295. The number of ether oxygens (including phenoxy) is 1. The molecule has 0 bridgehead atoms. The van der Waals surface area contributed by atoms with Crippen molar-refractivity contribution in [1.29, 1.82) is 5.26 Å². The number of hydrogen-bond acceptors (Lipinski definition) is 3. The van der Waals surface area contributed by atoms with Crippen LogP contribution in [0.2, 0.25) is 0 Å². The molecule has 2 aromatic rings. The topological polar surface area (TPSA) is 45.9 Å². The minimum absolute atomic E-state index is 0.390. The predicted octanol–water partition coefficient (Wildman–Crippen LogP) is 0.826. The summed E-state index contributed by atoms with van der Waals surface area (Å²) in [5.74, 6) is 0.490. The first-order valence-electron chi connectivity index (χ1n) is 5.33. The number of hydrogen-bond donors (Lipinski definition) is 0. The van der Waals surface area contributed by atoms with Crippen LogP contribution < -0.4 is 15.6 Å². The van der Waals surface area contributed by atoms with Crippen LogP contribution in [0.4, 0.5) is 0 Å². The van der Waals surface area contributed by atoms with Gasteiger partial charge in [0.05, 0.1) is 11.6 Å². The molecule has 0 spiro atoms. The summed E-state index contributed by atoms with van der Waals surface area (Å²) >= 11 is 0. The zero-order chi connectivity index (χ0) is 13.0. The van der Waals surface area contributed by atoms with E-state index in [9.17, 15) is 0 Å². The van der Waals surface area contributed by atoms with Crippen LogP contribution >= 0.6 is 9.24 Å². The van der Waals surface area contributed by atoms with Gasteiger partial charge in [0, 0.05) is 6.07 Å². The second-order valence-electron chi connectivity index (χ2n) is 3.71. The van der Waals surface area contributed by atoms with Gasteiger partial charge in [0.25, 0.3) is 0 Å². The number of rotatable bonds is 3. The van der Waals surface area contributed by atoms with Crippen molar-refractivity contribution < 1.29 is 4.74 Å². The first kappa shape index (κ1) is 12.6. The lowest BCUT2D eigenvalue weighted by Gasteiger charge is -2.08. The molecule has 1 aromatic carbocycles. The fourth-order valence-corrected chi connectivity index (χ4v) is 1.82. The maximum Gasteiger partial charge on any atom is 0.212 e. The van der Waals surface area contributed by atoms with E-state index < -0.39 is 0 Å². The summed E-state index contributed by atoms with van der Waals surface area (Å²) in [6, 6.07) is 12.8. The lowest BCUT2D eigenvalue weighted by Crippen LogP contribution is -2.11. The Hall–Kier alpha value is -1.85. The summed E-state index contributed by atoms with van der Waals surface area (Å²) in [6.45, 7) is 0.390. The molecule has 2 rings (SSSR count). The lowest BCUT2D eigenvalue weighted by atomic mass is 10.0. The van der Waals surface area contributed by atoms with Crippen molar-refractivity contribution >= 4 is 28.0 Å². The second kappa shape index (κ2) is 5.66. The van der Waals surface area contributed by atoms with Crippen molar-refractivity contribution in [3.63, 3.8) is 0 Å². The third-order valence-electron chi connectivity index (χ3n) is 2.40. The largest absolute Gasteiger partial charge is 0.473 e. The highest BCUT2D eigenvalue weighted by Gasteiger charge is 2.02. The Labute approximate surface area is 109 Å². The fraction of sp³-hybridized carbons (Fsp3) is 0.0769. The molecular formula is C13H10BN2OP. The molecule has 0 saturated heterocycles. The van der Waals surface area contributed by atoms with Gasteiger partial charge >= 0.3 is 0 Å². The summed E-state index contributed by atoms with van der Waals surface area (Å²) in [6.07, 6.45) is 0. The number of nitrogens with zero attached hydrogens (tertiary/aromatic N) is 2. The summed E-state index contributed by atoms with van der Waals surface area (Å²) in [4.78, 5) is 4.05. The third kappa shape index (κ3) is 3.09. The van der Waals surface area contributed by atoms with Gasteiger partial charge in [-0.3, -0.25) is 0 Å². The predicted molar refractivity (Wildman–Crippen MR) is 74.5 cm³/mol. The minimum Gasteiger partial charge on any atom is -0.473 e.